The highest BCUT2D eigenvalue weighted by atomic mass is 32.2. The van der Waals surface area contributed by atoms with Crippen LogP contribution in [0.5, 0.6) is 0 Å². The SMILES string of the molecule is COC(C=CC=C(C)C=CC=C(C)C=CCOS(C)(=O)=O)OC. The van der Waals surface area contributed by atoms with Gasteiger partial charge in [-0.1, -0.05) is 53.7 Å². The second-order valence-electron chi connectivity index (χ2n) is 4.80. The van der Waals surface area contributed by atoms with Crippen LogP contribution in [-0.4, -0.2) is 41.8 Å². The molecule has 0 aromatic heterocycles. The molecule has 0 aromatic carbocycles. The summed E-state index contributed by atoms with van der Waals surface area (Å²) in [6, 6.07) is 0. The van der Waals surface area contributed by atoms with Gasteiger partial charge in [-0.3, -0.25) is 4.18 Å². The Hall–Kier alpha value is -1.47. The highest BCUT2D eigenvalue weighted by Gasteiger charge is 1.97. The first-order valence-electron chi connectivity index (χ1n) is 7.05. The van der Waals surface area contributed by atoms with Gasteiger partial charge in [-0.15, -0.1) is 0 Å². The van der Waals surface area contributed by atoms with Gasteiger partial charge in [-0.25, -0.2) is 0 Å². The van der Waals surface area contributed by atoms with Gasteiger partial charge in [-0.2, -0.15) is 8.42 Å². The van der Waals surface area contributed by atoms with Gasteiger partial charge in [-0.05, 0) is 19.9 Å². The van der Waals surface area contributed by atoms with Crippen molar-refractivity contribution in [2.24, 2.45) is 0 Å². The van der Waals surface area contributed by atoms with Crippen molar-refractivity contribution in [3.63, 3.8) is 0 Å². The largest absolute Gasteiger partial charge is 0.352 e. The van der Waals surface area contributed by atoms with Gasteiger partial charge >= 0.3 is 0 Å². The molecule has 0 amide bonds. The van der Waals surface area contributed by atoms with Crippen LogP contribution in [0.1, 0.15) is 13.8 Å². The Labute approximate surface area is 139 Å². The van der Waals surface area contributed by atoms with Crippen LogP contribution < -0.4 is 0 Å². The minimum atomic E-state index is -3.39. The van der Waals surface area contributed by atoms with E-state index >= 15 is 0 Å². The Balaban J connectivity index is 4.40. The summed E-state index contributed by atoms with van der Waals surface area (Å²) in [7, 11) is -0.225. The molecule has 0 spiro atoms. The minimum absolute atomic E-state index is 0.0393. The molecular weight excluding hydrogens is 316 g/mol. The standard InChI is InChI=1S/C17H26O5S/c1-15(11-7-13-17(20-3)21-4)9-6-10-16(2)12-8-14-22-23(5,18)19/h6-13,17H,14H2,1-5H3. The van der Waals surface area contributed by atoms with Crippen LogP contribution in [0, 0.1) is 0 Å². The topological polar surface area (TPSA) is 61.8 Å². The van der Waals surface area contributed by atoms with E-state index < -0.39 is 10.1 Å². The van der Waals surface area contributed by atoms with Crippen LogP contribution in [0.4, 0.5) is 0 Å². The molecule has 0 aliphatic heterocycles. The van der Waals surface area contributed by atoms with Gasteiger partial charge in [0, 0.05) is 14.2 Å². The lowest BCUT2D eigenvalue weighted by Crippen LogP contribution is -2.08. The van der Waals surface area contributed by atoms with E-state index in [1.807, 2.05) is 50.3 Å². The molecule has 5 nitrogen and oxygen atoms in total. The smallest absolute Gasteiger partial charge is 0.264 e. The van der Waals surface area contributed by atoms with Crippen molar-refractivity contribution >= 4 is 10.1 Å². The molecule has 0 N–H and O–H groups in total. The quantitative estimate of drug-likeness (QED) is 0.347. The van der Waals surface area contributed by atoms with Crippen LogP contribution in [0.25, 0.3) is 0 Å². The zero-order valence-electron chi connectivity index (χ0n) is 14.4. The summed E-state index contributed by atoms with van der Waals surface area (Å²) >= 11 is 0. The second kappa shape index (κ2) is 12.0. The summed E-state index contributed by atoms with van der Waals surface area (Å²) in [6.45, 7) is 3.94. The van der Waals surface area contributed by atoms with Crippen LogP contribution >= 0.6 is 0 Å². The summed E-state index contributed by atoms with van der Waals surface area (Å²) in [5.74, 6) is 0. The van der Waals surface area contributed by atoms with Crippen molar-refractivity contribution < 1.29 is 22.1 Å². The average Bonchev–Trinajstić information content (AvgIpc) is 2.47. The maximum absolute atomic E-state index is 10.8. The summed E-state index contributed by atoms with van der Waals surface area (Å²) in [4.78, 5) is 0. The number of hydrogen-bond acceptors (Lipinski definition) is 5. The summed E-state index contributed by atoms with van der Waals surface area (Å²) < 4.78 is 36.2. The van der Waals surface area contributed by atoms with Crippen LogP contribution in [-0.2, 0) is 23.8 Å². The van der Waals surface area contributed by atoms with Crippen LogP contribution in [0.2, 0.25) is 0 Å². The molecule has 130 valence electrons. The molecule has 0 saturated heterocycles. The predicted molar refractivity (Wildman–Crippen MR) is 93.5 cm³/mol. The van der Waals surface area contributed by atoms with E-state index in [9.17, 15) is 8.42 Å². The van der Waals surface area contributed by atoms with Gasteiger partial charge in [0.1, 0.15) is 0 Å². The molecule has 0 heterocycles. The third kappa shape index (κ3) is 13.9. The summed E-state index contributed by atoms with van der Waals surface area (Å²) in [6.07, 6.45) is 15.6. The summed E-state index contributed by atoms with van der Waals surface area (Å²) in [5.41, 5.74) is 2.06. The van der Waals surface area contributed by atoms with Gasteiger partial charge in [0.15, 0.2) is 6.29 Å². The molecule has 0 rings (SSSR count). The predicted octanol–water partition coefficient (Wildman–Crippen LogP) is 3.14. The van der Waals surface area contributed by atoms with Crippen molar-refractivity contribution in [2.75, 3.05) is 27.1 Å². The molecule has 0 aliphatic rings. The van der Waals surface area contributed by atoms with Gasteiger partial charge in [0.05, 0.1) is 12.9 Å². The molecule has 0 aliphatic carbocycles. The van der Waals surface area contributed by atoms with E-state index in [-0.39, 0.29) is 12.9 Å². The third-order valence-corrected chi connectivity index (χ3v) is 3.13. The zero-order valence-corrected chi connectivity index (χ0v) is 15.2. The lowest BCUT2D eigenvalue weighted by Gasteiger charge is -2.06. The molecule has 0 aromatic rings. The highest BCUT2D eigenvalue weighted by molar-refractivity contribution is 7.85. The fraction of sp³-hybridized carbons (Fsp3) is 0.412. The normalized spacial score (nSPS) is 14.9. The van der Waals surface area contributed by atoms with Crippen molar-refractivity contribution in [3.05, 3.63) is 59.8 Å². The monoisotopic (exact) mass is 342 g/mol. The van der Waals surface area contributed by atoms with E-state index in [4.69, 9.17) is 9.47 Å². The Bertz CT molecular complexity index is 576. The molecular formula is C17H26O5S. The number of ether oxygens (including phenoxy) is 2. The van der Waals surface area contributed by atoms with Crippen LogP contribution in [0.15, 0.2) is 59.8 Å². The average molecular weight is 342 g/mol. The second-order valence-corrected chi connectivity index (χ2v) is 6.44. The van der Waals surface area contributed by atoms with E-state index in [2.05, 4.69) is 4.18 Å². The number of methoxy groups -OCH3 is 2. The molecule has 0 radical (unpaired) electrons. The first-order valence-corrected chi connectivity index (χ1v) is 8.86. The van der Waals surface area contributed by atoms with Gasteiger partial charge in [0.25, 0.3) is 10.1 Å². The summed E-state index contributed by atoms with van der Waals surface area (Å²) in [5, 5.41) is 0. The van der Waals surface area contributed by atoms with Crippen molar-refractivity contribution in [1.29, 1.82) is 0 Å². The van der Waals surface area contributed by atoms with Crippen molar-refractivity contribution in [3.8, 4) is 0 Å². The van der Waals surface area contributed by atoms with Crippen molar-refractivity contribution in [2.45, 2.75) is 20.1 Å². The first-order chi connectivity index (χ1) is 10.8. The number of hydrogen-bond donors (Lipinski definition) is 0. The maximum atomic E-state index is 10.8. The maximum Gasteiger partial charge on any atom is 0.264 e. The van der Waals surface area contributed by atoms with Gasteiger partial charge < -0.3 is 9.47 Å². The molecule has 6 heteroatoms. The molecule has 0 atom stereocenters. The zero-order chi connectivity index (χ0) is 17.7. The van der Waals surface area contributed by atoms with E-state index in [0.717, 1.165) is 17.4 Å². The first kappa shape index (κ1) is 21.5. The molecule has 0 fully saturated rings. The number of rotatable bonds is 10. The third-order valence-electron chi connectivity index (χ3n) is 2.57. The Kier molecular flexibility index (Phi) is 11.2. The molecule has 0 bridgehead atoms. The molecule has 0 saturated carbocycles. The fourth-order valence-corrected chi connectivity index (χ4v) is 1.74. The lowest BCUT2D eigenvalue weighted by molar-refractivity contribution is -0.0666. The number of allylic oxidation sites excluding steroid dienone is 8. The fourth-order valence-electron chi connectivity index (χ4n) is 1.41. The van der Waals surface area contributed by atoms with Crippen LogP contribution in [0.3, 0.4) is 0 Å². The van der Waals surface area contributed by atoms with Crippen molar-refractivity contribution in [1.82, 2.24) is 0 Å². The van der Waals surface area contributed by atoms with E-state index in [1.54, 1.807) is 26.4 Å². The molecule has 0 unspecified atom stereocenters. The minimum Gasteiger partial charge on any atom is -0.352 e. The lowest BCUT2D eigenvalue weighted by atomic mass is 10.2. The Morgan fingerprint density at radius 2 is 1.57 bits per heavy atom. The molecule has 23 heavy (non-hydrogen) atoms. The van der Waals surface area contributed by atoms with Gasteiger partial charge in [0.2, 0.25) is 0 Å². The Morgan fingerprint density at radius 1 is 1.00 bits per heavy atom. The van der Waals surface area contributed by atoms with E-state index in [1.165, 1.54) is 0 Å². The Morgan fingerprint density at radius 3 is 2.13 bits per heavy atom. The van der Waals surface area contributed by atoms with E-state index in [0.29, 0.717) is 0 Å². The highest BCUT2D eigenvalue weighted by Crippen LogP contribution is 2.01.